The Morgan fingerprint density at radius 2 is 1.40 bits per heavy atom. The molecule has 2 bridgehead atoms. The van der Waals surface area contributed by atoms with E-state index in [1.807, 2.05) is 0 Å². The highest BCUT2D eigenvalue weighted by Crippen LogP contribution is 2.77. The van der Waals surface area contributed by atoms with E-state index >= 15 is 0 Å². The number of amides is 3. The van der Waals surface area contributed by atoms with Gasteiger partial charge in [0.15, 0.2) is 10.1 Å². The highest BCUT2D eigenvalue weighted by atomic mass is 35.5. The van der Waals surface area contributed by atoms with E-state index in [2.05, 4.69) is 0 Å². The molecule has 2 aliphatic carbocycles. The van der Waals surface area contributed by atoms with E-state index in [4.69, 9.17) is 104 Å². The van der Waals surface area contributed by atoms with Crippen LogP contribution in [0.4, 0.5) is 4.39 Å². The molecular formula is C26H14Cl9FN2O4. The maximum Gasteiger partial charge on any atom is 0.275 e. The van der Waals surface area contributed by atoms with E-state index < -0.39 is 61.3 Å². The van der Waals surface area contributed by atoms with Crippen molar-refractivity contribution in [1.82, 2.24) is 10.0 Å². The van der Waals surface area contributed by atoms with Crippen molar-refractivity contribution in [2.45, 2.75) is 26.5 Å². The second-order valence-corrected chi connectivity index (χ2v) is 14.2. The molecule has 0 unspecified atom stereocenters. The zero-order chi connectivity index (χ0) is 31.1. The Labute approximate surface area is 283 Å². The summed E-state index contributed by atoms with van der Waals surface area (Å²) in [5.41, 5.74) is -0.255. The number of fused-ring (bicyclic) bond motifs is 5. The van der Waals surface area contributed by atoms with Crippen molar-refractivity contribution in [2.75, 3.05) is 5.88 Å². The molecule has 0 spiro atoms. The van der Waals surface area contributed by atoms with Gasteiger partial charge >= 0.3 is 0 Å². The Hall–Kier alpha value is -1.000. The quantitative estimate of drug-likeness (QED) is 0.164. The topological polar surface area (TPSA) is 74.8 Å². The predicted octanol–water partition coefficient (Wildman–Crippen LogP) is 7.82. The molecule has 2 aromatic carbocycles. The summed E-state index contributed by atoms with van der Waals surface area (Å²) in [6.45, 7) is 0. The van der Waals surface area contributed by atoms with Gasteiger partial charge in [-0.25, -0.2) is 9.40 Å². The lowest BCUT2D eigenvalue weighted by atomic mass is 9.84. The first kappa shape index (κ1) is 32.4. The molecule has 6 nitrogen and oxygen atoms in total. The highest BCUT2D eigenvalue weighted by Gasteiger charge is 2.88. The molecular weight excluding hydrogens is 742 g/mol. The standard InChI is InChI=1S/C26H14Cl9FN2O4/c27-8-7-15(18(39)10-1-4-12(36)5-2-10)37(21(40)13-6-3-11(28)9-14(13)29)38-22(41)16-17(23(38)42)25(33)20(31)19(30)24(16,32)26(25,34)35/h1-6,9,15-17H,7-8H2/t15-,16-,17+,24+,25+/m0/s1. The van der Waals surface area contributed by atoms with Crippen molar-refractivity contribution < 1.29 is 23.6 Å². The zero-order valence-electron chi connectivity index (χ0n) is 20.5. The third-order valence-electron chi connectivity index (χ3n) is 7.58. The minimum atomic E-state index is -2.22. The van der Waals surface area contributed by atoms with Gasteiger partial charge in [-0.1, -0.05) is 69.6 Å². The summed E-state index contributed by atoms with van der Waals surface area (Å²) in [6, 6.07) is 6.71. The van der Waals surface area contributed by atoms with E-state index in [1.165, 1.54) is 30.3 Å². The first-order chi connectivity index (χ1) is 19.6. The smallest absolute Gasteiger partial charge is 0.275 e. The second kappa shape index (κ2) is 11.1. The Morgan fingerprint density at radius 3 is 1.88 bits per heavy atom. The van der Waals surface area contributed by atoms with Crippen molar-refractivity contribution in [1.29, 1.82) is 0 Å². The summed E-state index contributed by atoms with van der Waals surface area (Å²) < 4.78 is 11.4. The highest BCUT2D eigenvalue weighted by molar-refractivity contribution is 6.66. The molecule has 5 rings (SSSR count). The lowest BCUT2D eigenvalue weighted by Gasteiger charge is -2.39. The van der Waals surface area contributed by atoms with Crippen molar-refractivity contribution in [3.8, 4) is 0 Å². The number of alkyl halides is 5. The first-order valence-corrected chi connectivity index (χ1v) is 15.5. The Morgan fingerprint density at radius 1 is 0.881 bits per heavy atom. The van der Waals surface area contributed by atoms with Crippen LogP contribution in [0, 0.1) is 17.7 Å². The molecule has 3 amide bonds. The number of allylic oxidation sites excluding steroid dienone is 2. The Kier molecular flexibility index (Phi) is 8.57. The Balaban J connectivity index is 1.69. The average Bonchev–Trinajstić information content (AvgIpc) is 3.31. The summed E-state index contributed by atoms with van der Waals surface area (Å²) in [5, 5.41) is 0.454. The van der Waals surface area contributed by atoms with Crippen LogP contribution in [0.25, 0.3) is 0 Å². The number of nitrogens with zero attached hydrogens (tertiary/aromatic N) is 2. The van der Waals surface area contributed by atoms with Crippen LogP contribution in [0.5, 0.6) is 0 Å². The van der Waals surface area contributed by atoms with Crippen LogP contribution in [0.2, 0.25) is 10.0 Å². The largest absolute Gasteiger partial charge is 0.292 e. The predicted molar refractivity (Wildman–Crippen MR) is 162 cm³/mol. The molecule has 1 saturated carbocycles. The molecule has 3 aliphatic rings. The molecule has 42 heavy (non-hydrogen) atoms. The average molecular weight is 756 g/mol. The fourth-order valence-electron chi connectivity index (χ4n) is 5.63. The number of carbonyl (C=O) groups is 4. The van der Waals surface area contributed by atoms with Crippen LogP contribution < -0.4 is 0 Å². The van der Waals surface area contributed by atoms with Crippen LogP contribution in [0.3, 0.4) is 0 Å². The van der Waals surface area contributed by atoms with Crippen LogP contribution >= 0.6 is 104 Å². The number of ketones is 1. The normalized spacial score (nSPS) is 28.4. The van der Waals surface area contributed by atoms with Gasteiger partial charge in [0.1, 0.15) is 21.6 Å². The van der Waals surface area contributed by atoms with E-state index in [0.29, 0.717) is 10.0 Å². The molecule has 2 aromatic rings. The molecule has 5 atom stereocenters. The molecule has 0 N–H and O–H groups in total. The maximum absolute atomic E-state index is 14.2. The van der Waals surface area contributed by atoms with Gasteiger partial charge in [0.25, 0.3) is 17.7 Å². The summed E-state index contributed by atoms with van der Waals surface area (Å²) >= 11 is 58.0. The van der Waals surface area contributed by atoms with Gasteiger partial charge in [0.05, 0.1) is 32.5 Å². The molecule has 2 fully saturated rings. The third-order valence-corrected chi connectivity index (χ3v) is 12.6. The number of Topliss-reactive ketones (excluding diaryl/α,β-unsaturated/α-hetero) is 1. The number of hydrazine groups is 1. The molecule has 0 aromatic heterocycles. The summed E-state index contributed by atoms with van der Waals surface area (Å²) in [7, 11) is 0. The van der Waals surface area contributed by atoms with Gasteiger partial charge in [-0.2, -0.15) is 5.01 Å². The number of hydrogen-bond acceptors (Lipinski definition) is 4. The first-order valence-electron chi connectivity index (χ1n) is 11.9. The van der Waals surface area contributed by atoms with Gasteiger partial charge in [0.2, 0.25) is 0 Å². The third kappa shape index (κ3) is 4.26. The summed E-state index contributed by atoms with van der Waals surface area (Å²) in [4.78, 5) is 52.0. The number of benzene rings is 2. The fourth-order valence-corrected chi connectivity index (χ4v) is 9.25. The summed E-state index contributed by atoms with van der Waals surface area (Å²) in [5.74, 6) is -8.00. The van der Waals surface area contributed by atoms with Crippen molar-refractivity contribution in [3.05, 3.63) is 79.5 Å². The van der Waals surface area contributed by atoms with Crippen LogP contribution in [0.1, 0.15) is 27.1 Å². The van der Waals surface area contributed by atoms with Crippen molar-refractivity contribution >= 4 is 128 Å². The second-order valence-electron chi connectivity index (χ2n) is 9.71. The molecule has 1 saturated heterocycles. The van der Waals surface area contributed by atoms with E-state index in [0.717, 1.165) is 12.1 Å². The Bertz CT molecular complexity index is 1540. The molecule has 1 heterocycles. The minimum absolute atomic E-state index is 0.0400. The SMILES string of the molecule is O=C(c1ccc(F)cc1)[C@H](CCCl)N(C(=O)c1ccc(Cl)cc1Cl)N1C(=O)[C@@H]2[C@H](C1=O)[C@@]1(Cl)C(Cl)=C(Cl)[C@@]2(Cl)C1(Cl)Cl. The monoisotopic (exact) mass is 752 g/mol. The van der Waals surface area contributed by atoms with Crippen LogP contribution in [-0.2, 0) is 9.59 Å². The van der Waals surface area contributed by atoms with Crippen LogP contribution in [0.15, 0.2) is 52.5 Å². The van der Waals surface area contributed by atoms with E-state index in [9.17, 15) is 23.6 Å². The molecule has 1 aliphatic heterocycles. The van der Waals surface area contributed by atoms with Crippen LogP contribution in [-0.4, -0.2) is 59.5 Å². The lowest BCUT2D eigenvalue weighted by molar-refractivity contribution is -0.157. The summed E-state index contributed by atoms with van der Waals surface area (Å²) in [6.07, 6.45) is -0.256. The molecule has 16 heteroatoms. The van der Waals surface area contributed by atoms with Crippen molar-refractivity contribution in [2.24, 2.45) is 11.8 Å². The number of rotatable bonds is 7. The van der Waals surface area contributed by atoms with Crippen molar-refractivity contribution in [3.63, 3.8) is 0 Å². The minimum Gasteiger partial charge on any atom is -0.292 e. The van der Waals surface area contributed by atoms with Gasteiger partial charge in [-0.05, 0) is 48.9 Å². The maximum atomic E-state index is 14.2. The number of carbonyl (C=O) groups excluding carboxylic acids is 4. The fraction of sp³-hybridized carbons (Fsp3) is 0.308. The number of imide groups is 1. The van der Waals surface area contributed by atoms with Gasteiger partial charge in [0, 0.05) is 16.5 Å². The van der Waals surface area contributed by atoms with Gasteiger partial charge in [-0.3, -0.25) is 19.2 Å². The molecule has 222 valence electrons. The van der Waals surface area contributed by atoms with E-state index in [-0.39, 0.29) is 43.5 Å². The molecule has 0 radical (unpaired) electrons. The number of hydrogen-bond donors (Lipinski definition) is 0. The van der Waals surface area contributed by atoms with E-state index in [1.54, 1.807) is 0 Å². The van der Waals surface area contributed by atoms with Gasteiger partial charge < -0.3 is 0 Å². The lowest BCUT2D eigenvalue weighted by Crippen LogP contribution is -2.60. The van der Waals surface area contributed by atoms with Gasteiger partial charge in [-0.15, -0.1) is 34.8 Å². The zero-order valence-corrected chi connectivity index (χ0v) is 27.3. The number of halogens is 10.